The Kier molecular flexibility index (Phi) is 6.05. The predicted octanol–water partition coefficient (Wildman–Crippen LogP) is 4.09. The minimum absolute atomic E-state index is 0.114. The molecule has 3 heteroatoms. The lowest BCUT2D eigenvalue weighted by Gasteiger charge is -2.20. The lowest BCUT2D eigenvalue weighted by molar-refractivity contribution is -0.149. The van der Waals surface area contributed by atoms with E-state index in [0.29, 0.717) is 12.2 Å². The van der Waals surface area contributed by atoms with Crippen LogP contribution in [0.25, 0.3) is 0 Å². The summed E-state index contributed by atoms with van der Waals surface area (Å²) in [5.74, 6) is 0.405. The highest BCUT2D eigenvalue weighted by atomic mass is 16.6. The van der Waals surface area contributed by atoms with Crippen molar-refractivity contribution >= 4 is 5.97 Å². The van der Waals surface area contributed by atoms with Crippen molar-refractivity contribution in [1.29, 1.82) is 0 Å². The van der Waals surface area contributed by atoms with E-state index >= 15 is 0 Å². The molecule has 0 aliphatic carbocycles. The molecule has 0 amide bonds. The third kappa shape index (κ3) is 4.87. The van der Waals surface area contributed by atoms with Gasteiger partial charge in [0, 0.05) is 0 Å². The summed E-state index contributed by atoms with van der Waals surface area (Å²) in [4.78, 5) is 11.7. The van der Waals surface area contributed by atoms with Gasteiger partial charge in [-0.1, -0.05) is 46.2 Å². The summed E-state index contributed by atoms with van der Waals surface area (Å²) >= 11 is 0. The standard InChI is InChI=1S/C17H26O3/c1-6-7-8-15(16(18)19-5)20-14-11-9-13(10-12-14)17(2,3)4/h9-12,15H,6-8H2,1-5H3. The van der Waals surface area contributed by atoms with E-state index in [2.05, 4.69) is 27.7 Å². The summed E-state index contributed by atoms with van der Waals surface area (Å²) in [6.07, 6.45) is 2.14. The molecule has 0 radical (unpaired) electrons. The number of carbonyl (C=O) groups excluding carboxylic acids is 1. The fraction of sp³-hybridized carbons (Fsp3) is 0.588. The van der Waals surface area contributed by atoms with Gasteiger partial charge in [0.25, 0.3) is 0 Å². The highest BCUT2D eigenvalue weighted by molar-refractivity contribution is 5.74. The summed E-state index contributed by atoms with van der Waals surface area (Å²) in [7, 11) is 1.40. The van der Waals surface area contributed by atoms with Crippen LogP contribution in [0.3, 0.4) is 0 Å². The smallest absolute Gasteiger partial charge is 0.347 e. The summed E-state index contributed by atoms with van der Waals surface area (Å²) in [5, 5.41) is 0. The van der Waals surface area contributed by atoms with Gasteiger partial charge < -0.3 is 9.47 Å². The van der Waals surface area contributed by atoms with Gasteiger partial charge in [-0.15, -0.1) is 0 Å². The summed E-state index contributed by atoms with van der Waals surface area (Å²) in [6, 6.07) is 7.93. The number of ether oxygens (including phenoxy) is 2. The van der Waals surface area contributed by atoms with Gasteiger partial charge in [-0.25, -0.2) is 4.79 Å². The van der Waals surface area contributed by atoms with Crippen molar-refractivity contribution in [3.63, 3.8) is 0 Å². The van der Waals surface area contributed by atoms with E-state index in [1.54, 1.807) is 0 Å². The maximum Gasteiger partial charge on any atom is 0.347 e. The summed E-state index contributed by atoms with van der Waals surface area (Å²) < 4.78 is 10.6. The molecule has 0 aliphatic rings. The highest BCUT2D eigenvalue weighted by Crippen LogP contribution is 2.25. The first-order valence-corrected chi connectivity index (χ1v) is 7.23. The second kappa shape index (κ2) is 7.32. The van der Waals surface area contributed by atoms with Gasteiger partial charge in [0.15, 0.2) is 6.10 Å². The Morgan fingerprint density at radius 3 is 2.25 bits per heavy atom. The van der Waals surface area contributed by atoms with Crippen LogP contribution in [0.2, 0.25) is 0 Å². The number of hydrogen-bond donors (Lipinski definition) is 0. The van der Waals surface area contributed by atoms with Crippen LogP contribution in [0, 0.1) is 0 Å². The van der Waals surface area contributed by atoms with Gasteiger partial charge in [0.2, 0.25) is 0 Å². The van der Waals surface area contributed by atoms with Gasteiger partial charge in [-0.3, -0.25) is 0 Å². The van der Waals surface area contributed by atoms with Gasteiger partial charge in [-0.2, -0.15) is 0 Å². The SMILES string of the molecule is CCCCC(Oc1ccc(C(C)(C)C)cc1)C(=O)OC. The van der Waals surface area contributed by atoms with E-state index in [1.807, 2.05) is 24.3 Å². The van der Waals surface area contributed by atoms with Gasteiger partial charge in [-0.05, 0) is 36.0 Å². The largest absolute Gasteiger partial charge is 0.479 e. The first-order valence-electron chi connectivity index (χ1n) is 7.23. The van der Waals surface area contributed by atoms with Crippen LogP contribution in [-0.4, -0.2) is 19.2 Å². The second-order valence-corrected chi connectivity index (χ2v) is 6.05. The molecular weight excluding hydrogens is 252 g/mol. The molecule has 1 aromatic rings. The lowest BCUT2D eigenvalue weighted by atomic mass is 9.87. The summed E-state index contributed by atoms with van der Waals surface area (Å²) in [5.41, 5.74) is 1.36. The molecule has 0 aromatic heterocycles. The number of esters is 1. The van der Waals surface area contributed by atoms with Crippen LogP contribution < -0.4 is 4.74 Å². The van der Waals surface area contributed by atoms with Crippen molar-refractivity contribution < 1.29 is 14.3 Å². The van der Waals surface area contributed by atoms with Crippen molar-refractivity contribution in [2.24, 2.45) is 0 Å². The Labute approximate surface area is 122 Å². The quantitative estimate of drug-likeness (QED) is 0.735. The van der Waals surface area contributed by atoms with Crippen LogP contribution >= 0.6 is 0 Å². The van der Waals surface area contributed by atoms with Crippen LogP contribution in [-0.2, 0) is 14.9 Å². The highest BCUT2D eigenvalue weighted by Gasteiger charge is 2.21. The van der Waals surface area contributed by atoms with Crippen LogP contribution in [0.1, 0.15) is 52.5 Å². The van der Waals surface area contributed by atoms with Crippen LogP contribution in [0.5, 0.6) is 5.75 Å². The lowest BCUT2D eigenvalue weighted by Crippen LogP contribution is -2.28. The molecule has 3 nitrogen and oxygen atoms in total. The molecule has 20 heavy (non-hydrogen) atoms. The first-order chi connectivity index (χ1) is 9.38. The first kappa shape index (κ1) is 16.5. The number of hydrogen-bond acceptors (Lipinski definition) is 3. The van der Waals surface area contributed by atoms with E-state index in [0.717, 1.165) is 12.8 Å². The topological polar surface area (TPSA) is 35.5 Å². The van der Waals surface area contributed by atoms with Gasteiger partial charge in [0.05, 0.1) is 7.11 Å². The monoisotopic (exact) mass is 278 g/mol. The minimum Gasteiger partial charge on any atom is -0.479 e. The molecule has 0 bridgehead atoms. The van der Waals surface area contributed by atoms with E-state index in [4.69, 9.17) is 9.47 Å². The maximum atomic E-state index is 11.7. The molecule has 1 aromatic carbocycles. The van der Waals surface area contributed by atoms with Crippen molar-refractivity contribution in [3.05, 3.63) is 29.8 Å². The third-order valence-electron chi connectivity index (χ3n) is 3.28. The Morgan fingerprint density at radius 2 is 1.80 bits per heavy atom. The Morgan fingerprint density at radius 1 is 1.20 bits per heavy atom. The van der Waals surface area contributed by atoms with E-state index in [-0.39, 0.29) is 11.4 Å². The van der Waals surface area contributed by atoms with Crippen molar-refractivity contribution in [1.82, 2.24) is 0 Å². The number of rotatable bonds is 6. The molecular formula is C17H26O3. The fourth-order valence-corrected chi connectivity index (χ4v) is 1.94. The van der Waals surface area contributed by atoms with Crippen LogP contribution in [0.15, 0.2) is 24.3 Å². The molecule has 0 N–H and O–H groups in total. The Hall–Kier alpha value is -1.51. The molecule has 0 aliphatic heterocycles. The zero-order valence-electron chi connectivity index (χ0n) is 13.2. The molecule has 1 rings (SSSR count). The molecule has 0 heterocycles. The molecule has 0 fully saturated rings. The second-order valence-electron chi connectivity index (χ2n) is 6.05. The molecule has 1 atom stereocenters. The summed E-state index contributed by atoms with van der Waals surface area (Å²) in [6.45, 7) is 8.59. The minimum atomic E-state index is -0.513. The Bertz CT molecular complexity index is 415. The molecule has 1 unspecified atom stereocenters. The predicted molar refractivity (Wildman–Crippen MR) is 81.1 cm³/mol. The fourth-order valence-electron chi connectivity index (χ4n) is 1.94. The van der Waals surface area contributed by atoms with Gasteiger partial charge >= 0.3 is 5.97 Å². The van der Waals surface area contributed by atoms with Gasteiger partial charge in [0.1, 0.15) is 5.75 Å². The normalized spacial score (nSPS) is 12.8. The average Bonchev–Trinajstić information content (AvgIpc) is 2.42. The molecule has 0 saturated carbocycles. The van der Waals surface area contributed by atoms with E-state index < -0.39 is 6.10 Å². The number of unbranched alkanes of at least 4 members (excludes halogenated alkanes) is 1. The molecule has 0 saturated heterocycles. The third-order valence-corrected chi connectivity index (χ3v) is 3.28. The van der Waals surface area contributed by atoms with Crippen molar-refractivity contribution in [2.75, 3.05) is 7.11 Å². The molecule has 112 valence electrons. The van der Waals surface area contributed by atoms with Crippen LogP contribution in [0.4, 0.5) is 0 Å². The zero-order valence-corrected chi connectivity index (χ0v) is 13.2. The number of benzene rings is 1. The van der Waals surface area contributed by atoms with Crippen molar-refractivity contribution in [2.45, 2.75) is 58.5 Å². The zero-order chi connectivity index (χ0) is 15.2. The molecule has 0 spiro atoms. The Balaban J connectivity index is 2.75. The van der Waals surface area contributed by atoms with E-state index in [1.165, 1.54) is 12.7 Å². The number of carbonyl (C=O) groups is 1. The van der Waals surface area contributed by atoms with E-state index in [9.17, 15) is 4.79 Å². The van der Waals surface area contributed by atoms with Crippen molar-refractivity contribution in [3.8, 4) is 5.75 Å². The average molecular weight is 278 g/mol. The number of methoxy groups -OCH3 is 1. The maximum absolute atomic E-state index is 11.7.